The maximum absolute atomic E-state index is 13.1. The van der Waals surface area contributed by atoms with E-state index in [0.29, 0.717) is 41.7 Å². The van der Waals surface area contributed by atoms with Crippen LogP contribution in [0.25, 0.3) is 10.9 Å². The summed E-state index contributed by atoms with van der Waals surface area (Å²) in [5.41, 5.74) is 1.00. The van der Waals surface area contributed by atoms with Gasteiger partial charge in [0.15, 0.2) is 0 Å². The van der Waals surface area contributed by atoms with Crippen LogP contribution in [0.4, 0.5) is 13.2 Å². The van der Waals surface area contributed by atoms with Gasteiger partial charge < -0.3 is 9.64 Å². The normalized spacial score (nSPS) is 15.3. The number of halogens is 4. The molecule has 27 heavy (non-hydrogen) atoms. The number of alkyl halides is 3. The van der Waals surface area contributed by atoms with E-state index in [2.05, 4.69) is 4.98 Å². The lowest BCUT2D eigenvalue weighted by Crippen LogP contribution is -2.45. The second-order valence-corrected chi connectivity index (χ2v) is 6.95. The molecule has 0 N–H and O–H groups in total. The Labute approximate surface area is 160 Å². The fourth-order valence-electron chi connectivity index (χ4n) is 3.47. The molecule has 0 bridgehead atoms. The van der Waals surface area contributed by atoms with Crippen LogP contribution in [0.2, 0.25) is 5.15 Å². The fraction of sp³-hybridized carbons (Fsp3) is 0.474. The van der Waals surface area contributed by atoms with Crippen LogP contribution < -0.4 is 4.74 Å². The quantitative estimate of drug-likeness (QED) is 0.654. The summed E-state index contributed by atoms with van der Waals surface area (Å²) in [6.07, 6.45) is -2.16. The molecule has 1 aromatic heterocycles. The lowest BCUT2D eigenvalue weighted by molar-refractivity contribution is -0.188. The Morgan fingerprint density at radius 3 is 2.63 bits per heavy atom. The summed E-state index contributed by atoms with van der Waals surface area (Å²) in [6.45, 7) is 2.14. The highest BCUT2D eigenvalue weighted by Crippen LogP contribution is 2.32. The van der Waals surface area contributed by atoms with Gasteiger partial charge in [-0.15, -0.1) is 0 Å². The van der Waals surface area contributed by atoms with Gasteiger partial charge in [-0.25, -0.2) is 4.98 Å². The number of amides is 1. The van der Waals surface area contributed by atoms with Crippen molar-refractivity contribution in [1.29, 1.82) is 0 Å². The largest absolute Gasteiger partial charge is 0.494 e. The zero-order chi connectivity index (χ0) is 19.6. The Morgan fingerprint density at radius 1 is 1.30 bits per heavy atom. The Bertz CT molecular complexity index is 836. The van der Waals surface area contributed by atoms with Gasteiger partial charge in [0, 0.05) is 23.5 Å². The van der Waals surface area contributed by atoms with E-state index >= 15 is 0 Å². The Balaban J connectivity index is 1.95. The first kappa shape index (κ1) is 19.7. The first-order chi connectivity index (χ1) is 12.8. The van der Waals surface area contributed by atoms with Crippen LogP contribution in [0, 0.1) is 0 Å². The van der Waals surface area contributed by atoms with Gasteiger partial charge in [0.2, 0.25) is 0 Å². The molecule has 1 aliphatic carbocycles. The summed E-state index contributed by atoms with van der Waals surface area (Å²) in [5, 5.41) is 0.802. The van der Waals surface area contributed by atoms with Gasteiger partial charge in [-0.1, -0.05) is 24.4 Å². The minimum absolute atomic E-state index is 0.102. The predicted octanol–water partition coefficient (Wildman–Crippen LogP) is 5.12. The van der Waals surface area contributed by atoms with Crippen molar-refractivity contribution in [3.8, 4) is 5.75 Å². The Hall–Kier alpha value is -2.02. The number of benzene rings is 1. The van der Waals surface area contributed by atoms with Crippen molar-refractivity contribution in [2.45, 2.75) is 51.4 Å². The average molecular weight is 401 g/mol. The number of carbonyl (C=O) groups excluding carboxylic acids is 1. The topological polar surface area (TPSA) is 42.4 Å². The first-order valence-electron chi connectivity index (χ1n) is 8.89. The van der Waals surface area contributed by atoms with Crippen molar-refractivity contribution in [2.75, 3.05) is 6.61 Å². The molecule has 1 amide bonds. The van der Waals surface area contributed by atoms with Crippen molar-refractivity contribution in [1.82, 2.24) is 9.88 Å². The van der Waals surface area contributed by atoms with Crippen molar-refractivity contribution < 1.29 is 22.7 Å². The molecular formula is C19H20ClF3N2O2. The zero-order valence-corrected chi connectivity index (χ0v) is 15.6. The van der Waals surface area contributed by atoms with E-state index in [1.165, 1.54) is 0 Å². The molecular weight excluding hydrogens is 381 g/mol. The summed E-state index contributed by atoms with van der Waals surface area (Å²) >= 11 is 6.21. The predicted molar refractivity (Wildman–Crippen MR) is 96.8 cm³/mol. The van der Waals surface area contributed by atoms with E-state index in [-0.39, 0.29) is 11.7 Å². The molecule has 1 saturated carbocycles. The molecule has 0 unspecified atom stereocenters. The number of carbonyl (C=O) groups is 1. The molecule has 8 heteroatoms. The number of hydrogen-bond acceptors (Lipinski definition) is 3. The summed E-state index contributed by atoms with van der Waals surface area (Å²) in [5.74, 6) is -1.19. The molecule has 146 valence electrons. The summed E-state index contributed by atoms with van der Waals surface area (Å²) in [4.78, 5) is 17.2. The molecule has 1 aromatic carbocycles. The molecule has 1 fully saturated rings. The first-order valence-corrected chi connectivity index (χ1v) is 9.27. The maximum Gasteiger partial charge on any atom is 0.471 e. The third-order valence-electron chi connectivity index (χ3n) is 4.73. The molecule has 0 saturated heterocycles. The highest BCUT2D eigenvalue weighted by Gasteiger charge is 2.45. The highest BCUT2D eigenvalue weighted by atomic mass is 35.5. The van der Waals surface area contributed by atoms with E-state index < -0.39 is 18.1 Å². The Kier molecular flexibility index (Phi) is 5.79. The molecule has 2 aromatic rings. The van der Waals surface area contributed by atoms with E-state index in [1.54, 1.807) is 24.3 Å². The van der Waals surface area contributed by atoms with E-state index in [9.17, 15) is 18.0 Å². The molecule has 0 radical (unpaired) electrons. The summed E-state index contributed by atoms with van der Waals surface area (Å²) in [6, 6.07) is 6.51. The molecule has 0 spiro atoms. The number of hydrogen-bond donors (Lipinski definition) is 0. The van der Waals surface area contributed by atoms with Crippen LogP contribution in [0.15, 0.2) is 24.3 Å². The Morgan fingerprint density at radius 2 is 2.00 bits per heavy atom. The van der Waals surface area contributed by atoms with Crippen molar-refractivity contribution >= 4 is 28.4 Å². The van der Waals surface area contributed by atoms with Gasteiger partial charge in [0.05, 0.1) is 12.1 Å². The summed E-state index contributed by atoms with van der Waals surface area (Å²) < 4.78 is 44.7. The zero-order valence-electron chi connectivity index (χ0n) is 14.9. The lowest BCUT2D eigenvalue weighted by Gasteiger charge is -2.30. The fourth-order valence-corrected chi connectivity index (χ4v) is 3.68. The number of rotatable bonds is 5. The molecule has 1 aliphatic rings. The SMILES string of the molecule is CCOc1ccc2nc(Cl)c(CN(C(=O)C(F)(F)F)C3CCCC3)cc2c1. The van der Waals surface area contributed by atoms with Crippen molar-refractivity contribution in [3.05, 3.63) is 35.0 Å². The number of aromatic nitrogens is 1. The third kappa shape index (κ3) is 4.46. The van der Waals surface area contributed by atoms with Crippen LogP contribution >= 0.6 is 11.6 Å². The second-order valence-electron chi connectivity index (χ2n) is 6.59. The number of pyridine rings is 1. The van der Waals surface area contributed by atoms with E-state index in [4.69, 9.17) is 16.3 Å². The van der Waals surface area contributed by atoms with Crippen LogP contribution in [0.5, 0.6) is 5.75 Å². The monoisotopic (exact) mass is 400 g/mol. The average Bonchev–Trinajstić information content (AvgIpc) is 3.13. The third-order valence-corrected chi connectivity index (χ3v) is 5.06. The minimum Gasteiger partial charge on any atom is -0.494 e. The van der Waals surface area contributed by atoms with Crippen LogP contribution in [0.1, 0.15) is 38.2 Å². The highest BCUT2D eigenvalue weighted by molar-refractivity contribution is 6.30. The molecule has 3 rings (SSSR count). The van der Waals surface area contributed by atoms with Gasteiger partial charge in [0.1, 0.15) is 10.9 Å². The number of nitrogens with zero attached hydrogens (tertiary/aromatic N) is 2. The molecule has 4 nitrogen and oxygen atoms in total. The molecule has 0 atom stereocenters. The van der Waals surface area contributed by atoms with Crippen LogP contribution in [-0.4, -0.2) is 34.6 Å². The standard InChI is InChI=1S/C19H20ClF3N2O2/c1-2-27-15-7-8-16-12(10-15)9-13(17(20)24-16)11-25(14-5-3-4-6-14)18(26)19(21,22)23/h7-10,14H,2-6,11H2,1H3. The minimum atomic E-state index is -4.92. The van der Waals surface area contributed by atoms with E-state index in [0.717, 1.165) is 17.7 Å². The van der Waals surface area contributed by atoms with Crippen molar-refractivity contribution in [3.63, 3.8) is 0 Å². The van der Waals surface area contributed by atoms with Crippen LogP contribution in [-0.2, 0) is 11.3 Å². The maximum atomic E-state index is 13.1. The van der Waals surface area contributed by atoms with Gasteiger partial charge >= 0.3 is 12.1 Å². The lowest BCUT2D eigenvalue weighted by atomic mass is 10.1. The van der Waals surface area contributed by atoms with Gasteiger partial charge in [0.25, 0.3) is 0 Å². The van der Waals surface area contributed by atoms with Crippen LogP contribution in [0.3, 0.4) is 0 Å². The van der Waals surface area contributed by atoms with Gasteiger partial charge in [-0.05, 0) is 44.0 Å². The smallest absolute Gasteiger partial charge is 0.471 e. The van der Waals surface area contributed by atoms with E-state index in [1.807, 2.05) is 6.92 Å². The number of fused-ring (bicyclic) bond motifs is 1. The van der Waals surface area contributed by atoms with Crippen molar-refractivity contribution in [2.24, 2.45) is 0 Å². The van der Waals surface area contributed by atoms with Gasteiger partial charge in [-0.3, -0.25) is 4.79 Å². The van der Waals surface area contributed by atoms with Gasteiger partial charge in [-0.2, -0.15) is 13.2 Å². The molecule has 1 heterocycles. The number of ether oxygens (including phenoxy) is 1. The molecule has 0 aliphatic heterocycles. The summed E-state index contributed by atoms with van der Waals surface area (Å²) in [7, 11) is 0. The second kappa shape index (κ2) is 7.92.